The van der Waals surface area contributed by atoms with Gasteiger partial charge in [0.15, 0.2) is 5.82 Å². The van der Waals surface area contributed by atoms with E-state index in [0.29, 0.717) is 24.1 Å². The zero-order valence-corrected chi connectivity index (χ0v) is 15.0. The molecule has 1 amide bonds. The molecule has 0 fully saturated rings. The maximum absolute atomic E-state index is 12.1. The number of aromatic nitrogens is 2. The summed E-state index contributed by atoms with van der Waals surface area (Å²) in [6.07, 6.45) is 0.689. The number of carbonyl (C=O) groups excluding carboxylic acids is 1. The SMILES string of the molecule is CC(C)Cc1nc(C[S@@](=O)CC(=O)N[C@H](C)c2ccccc2)no1. The standard InChI is InChI=1S/C17H23N3O3S/c1-12(2)9-17-19-15(20-23-17)10-24(22)11-16(21)18-13(3)14-7-5-4-6-8-14/h4-8,12-13H,9-11H2,1-3H3,(H,18,21)/t13-,24-/m1/s1. The van der Waals surface area contributed by atoms with Gasteiger partial charge in [-0.05, 0) is 18.4 Å². The Kier molecular flexibility index (Phi) is 6.66. The predicted molar refractivity (Wildman–Crippen MR) is 92.6 cm³/mol. The molecule has 0 bridgehead atoms. The average molecular weight is 349 g/mol. The van der Waals surface area contributed by atoms with Crippen LogP contribution < -0.4 is 5.32 Å². The third kappa shape index (κ3) is 5.88. The van der Waals surface area contributed by atoms with E-state index in [1.807, 2.05) is 37.3 Å². The zero-order chi connectivity index (χ0) is 17.5. The minimum absolute atomic E-state index is 0.0781. The molecule has 2 aromatic rings. The summed E-state index contributed by atoms with van der Waals surface area (Å²) in [6, 6.07) is 9.52. The number of hydrogen-bond donors (Lipinski definition) is 1. The van der Waals surface area contributed by atoms with E-state index in [9.17, 15) is 9.00 Å². The van der Waals surface area contributed by atoms with Gasteiger partial charge >= 0.3 is 0 Å². The van der Waals surface area contributed by atoms with Crippen LogP contribution in [0.2, 0.25) is 0 Å². The number of rotatable bonds is 8. The van der Waals surface area contributed by atoms with Crippen molar-refractivity contribution in [3.63, 3.8) is 0 Å². The van der Waals surface area contributed by atoms with Gasteiger partial charge in [0.1, 0.15) is 5.75 Å². The molecule has 0 aliphatic rings. The first-order valence-electron chi connectivity index (χ1n) is 7.94. The quantitative estimate of drug-likeness (QED) is 0.791. The van der Waals surface area contributed by atoms with E-state index in [1.54, 1.807) is 0 Å². The second kappa shape index (κ2) is 8.73. The Hall–Kier alpha value is -2.02. The lowest BCUT2D eigenvalue weighted by Gasteiger charge is -2.13. The van der Waals surface area contributed by atoms with Crippen molar-refractivity contribution in [1.82, 2.24) is 15.5 Å². The van der Waals surface area contributed by atoms with Gasteiger partial charge < -0.3 is 9.84 Å². The molecule has 130 valence electrons. The lowest BCUT2D eigenvalue weighted by atomic mass is 10.1. The topological polar surface area (TPSA) is 85.1 Å². The van der Waals surface area contributed by atoms with Gasteiger partial charge in [0, 0.05) is 17.2 Å². The van der Waals surface area contributed by atoms with Gasteiger partial charge in [-0.25, -0.2) is 0 Å². The lowest BCUT2D eigenvalue weighted by molar-refractivity contribution is -0.119. The van der Waals surface area contributed by atoms with Crippen LogP contribution in [0.5, 0.6) is 0 Å². The molecule has 1 heterocycles. The van der Waals surface area contributed by atoms with Gasteiger partial charge in [-0.1, -0.05) is 49.3 Å². The molecule has 1 aromatic heterocycles. The summed E-state index contributed by atoms with van der Waals surface area (Å²) < 4.78 is 17.2. The second-order valence-electron chi connectivity index (χ2n) is 6.13. The van der Waals surface area contributed by atoms with E-state index in [1.165, 1.54) is 0 Å². The van der Waals surface area contributed by atoms with Crippen LogP contribution in [0.1, 0.15) is 44.1 Å². The first-order chi connectivity index (χ1) is 11.4. The molecule has 0 saturated carbocycles. The fourth-order valence-corrected chi connectivity index (χ4v) is 3.11. The number of nitrogens with zero attached hydrogens (tertiary/aromatic N) is 2. The first-order valence-corrected chi connectivity index (χ1v) is 9.43. The summed E-state index contributed by atoms with van der Waals surface area (Å²) in [5.74, 6) is 1.12. The summed E-state index contributed by atoms with van der Waals surface area (Å²) in [7, 11) is -1.37. The summed E-state index contributed by atoms with van der Waals surface area (Å²) >= 11 is 0. The van der Waals surface area contributed by atoms with Crippen LogP contribution in [0.15, 0.2) is 34.9 Å². The molecule has 0 radical (unpaired) electrons. The number of amides is 1. The van der Waals surface area contributed by atoms with Crippen molar-refractivity contribution in [3.05, 3.63) is 47.6 Å². The molecule has 2 atom stereocenters. The van der Waals surface area contributed by atoms with Gasteiger partial charge in [0.05, 0.1) is 11.8 Å². The average Bonchev–Trinajstić information content (AvgIpc) is 2.93. The molecule has 2 rings (SSSR count). The largest absolute Gasteiger partial charge is 0.349 e. The van der Waals surface area contributed by atoms with Crippen LogP contribution in [0.25, 0.3) is 0 Å². The highest BCUT2D eigenvalue weighted by atomic mass is 32.2. The van der Waals surface area contributed by atoms with Crippen LogP contribution in [0.4, 0.5) is 0 Å². The van der Waals surface area contributed by atoms with Crippen molar-refractivity contribution in [2.24, 2.45) is 5.92 Å². The molecule has 0 aliphatic heterocycles. The monoisotopic (exact) mass is 349 g/mol. The number of carbonyl (C=O) groups is 1. The Morgan fingerprint density at radius 3 is 2.62 bits per heavy atom. The third-order valence-corrected chi connectivity index (χ3v) is 4.52. The van der Waals surface area contributed by atoms with Crippen molar-refractivity contribution in [2.75, 3.05) is 5.75 Å². The lowest BCUT2D eigenvalue weighted by Crippen LogP contribution is -2.31. The summed E-state index contributed by atoms with van der Waals surface area (Å²) in [6.45, 7) is 6.01. The smallest absolute Gasteiger partial charge is 0.233 e. The van der Waals surface area contributed by atoms with Crippen molar-refractivity contribution in [3.8, 4) is 0 Å². The fraction of sp³-hybridized carbons (Fsp3) is 0.471. The Morgan fingerprint density at radius 1 is 1.25 bits per heavy atom. The molecule has 1 aromatic carbocycles. The molecule has 0 saturated heterocycles. The molecule has 24 heavy (non-hydrogen) atoms. The molecule has 0 unspecified atom stereocenters. The maximum Gasteiger partial charge on any atom is 0.233 e. The molecule has 0 aliphatic carbocycles. The maximum atomic E-state index is 12.1. The molecule has 6 nitrogen and oxygen atoms in total. The van der Waals surface area contributed by atoms with Crippen LogP contribution in [-0.4, -0.2) is 26.0 Å². The highest BCUT2D eigenvalue weighted by Crippen LogP contribution is 2.11. The summed E-state index contributed by atoms with van der Waals surface area (Å²) in [5, 5.41) is 6.66. The molecular formula is C17H23N3O3S. The van der Waals surface area contributed by atoms with Gasteiger partial charge in [0.2, 0.25) is 11.8 Å². The second-order valence-corrected chi connectivity index (χ2v) is 7.59. The minimum Gasteiger partial charge on any atom is -0.349 e. The van der Waals surface area contributed by atoms with Gasteiger partial charge in [-0.3, -0.25) is 9.00 Å². The van der Waals surface area contributed by atoms with E-state index >= 15 is 0 Å². The highest BCUT2D eigenvalue weighted by Gasteiger charge is 2.15. The predicted octanol–water partition coefficient (Wildman–Crippen LogP) is 2.39. The van der Waals surface area contributed by atoms with E-state index in [-0.39, 0.29) is 23.5 Å². The highest BCUT2D eigenvalue weighted by molar-refractivity contribution is 7.84. The molecule has 0 spiro atoms. The van der Waals surface area contributed by atoms with Gasteiger partial charge in [-0.2, -0.15) is 4.98 Å². The Bertz CT molecular complexity index is 685. The Labute approximate surface area is 144 Å². The Morgan fingerprint density at radius 2 is 1.96 bits per heavy atom. The van der Waals surface area contributed by atoms with Gasteiger partial charge in [0.25, 0.3) is 0 Å². The van der Waals surface area contributed by atoms with Crippen LogP contribution in [-0.2, 0) is 27.8 Å². The van der Waals surface area contributed by atoms with Crippen LogP contribution in [0.3, 0.4) is 0 Å². The molecule has 7 heteroatoms. The van der Waals surface area contributed by atoms with Crippen LogP contribution in [0, 0.1) is 5.92 Å². The van der Waals surface area contributed by atoms with E-state index in [0.717, 1.165) is 5.56 Å². The van der Waals surface area contributed by atoms with Crippen molar-refractivity contribution >= 4 is 16.7 Å². The number of nitrogens with one attached hydrogen (secondary N) is 1. The van der Waals surface area contributed by atoms with Gasteiger partial charge in [-0.15, -0.1) is 0 Å². The molecular weight excluding hydrogens is 326 g/mol. The Balaban J connectivity index is 1.81. The van der Waals surface area contributed by atoms with Crippen molar-refractivity contribution < 1.29 is 13.5 Å². The van der Waals surface area contributed by atoms with Crippen molar-refractivity contribution in [1.29, 1.82) is 0 Å². The third-order valence-electron chi connectivity index (χ3n) is 3.35. The minimum atomic E-state index is -1.37. The fourth-order valence-electron chi connectivity index (χ4n) is 2.23. The summed E-state index contributed by atoms with van der Waals surface area (Å²) in [5.41, 5.74) is 1.01. The number of hydrogen-bond acceptors (Lipinski definition) is 5. The molecule has 1 N–H and O–H groups in total. The van der Waals surface area contributed by atoms with Crippen molar-refractivity contribution in [2.45, 2.75) is 39.0 Å². The zero-order valence-electron chi connectivity index (χ0n) is 14.2. The van der Waals surface area contributed by atoms with E-state index < -0.39 is 10.8 Å². The first kappa shape index (κ1) is 18.3. The normalized spacial score (nSPS) is 13.7. The van der Waals surface area contributed by atoms with Crippen LogP contribution >= 0.6 is 0 Å². The van der Waals surface area contributed by atoms with E-state index in [4.69, 9.17) is 4.52 Å². The summed E-state index contributed by atoms with van der Waals surface area (Å²) in [4.78, 5) is 16.2. The van der Waals surface area contributed by atoms with E-state index in [2.05, 4.69) is 29.3 Å². The number of benzene rings is 1.